The highest BCUT2D eigenvalue weighted by molar-refractivity contribution is 5.82. The summed E-state index contributed by atoms with van der Waals surface area (Å²) in [5, 5.41) is 21.9. The first kappa shape index (κ1) is 89.6. The Hall–Kier alpha value is -13.8. The zero-order chi connectivity index (χ0) is 92.2. The van der Waals surface area contributed by atoms with Crippen LogP contribution in [0.25, 0.3) is 68.7 Å². The molecule has 14 aromatic rings. The van der Waals surface area contributed by atoms with Crippen LogP contribution in [0.1, 0.15) is 109 Å². The zero-order valence-corrected chi connectivity index (χ0v) is 70.3. The van der Waals surface area contributed by atoms with Crippen molar-refractivity contribution in [3.05, 3.63) is 192 Å². The first-order valence-corrected chi connectivity index (χ1v) is 40.8. The van der Waals surface area contributed by atoms with E-state index in [0.717, 1.165) is 102 Å². The average Bonchev–Trinajstić information content (AvgIpc) is 1.58. The molecule has 0 saturated carbocycles. The number of hydrogen-bond acceptors (Lipinski definition) is 27. The molecular weight excluding hydrogens is 1730 g/mol. The number of piperazine rings is 2. The van der Waals surface area contributed by atoms with Crippen LogP contribution in [0.4, 0.5) is 84.7 Å². The van der Waals surface area contributed by atoms with E-state index >= 15 is 0 Å². The molecule has 130 heavy (non-hydrogen) atoms. The number of ether oxygens (including phenoxy) is 1. The number of alkyl halides is 14. The molecule has 6 N–H and O–H groups in total. The lowest BCUT2D eigenvalue weighted by molar-refractivity contribution is -0.166. The Morgan fingerprint density at radius 3 is 1.15 bits per heavy atom. The lowest BCUT2D eigenvalue weighted by Crippen LogP contribution is -2.51. The lowest BCUT2D eigenvalue weighted by atomic mass is 9.84. The van der Waals surface area contributed by atoms with E-state index in [0.29, 0.717) is 85.9 Å². The van der Waals surface area contributed by atoms with Crippen LogP contribution in [0.3, 0.4) is 0 Å². The standard InChI is InChI=1S/C21H18F5N7O.2C21H22F3N9.C19H20F3N7O/c22-20(23)34-14-5-13(12-1-3-27-6-12)9-32(10-14)17-2-4-28-19(31-17)15-7-30-18-8-29-16(11-33(15)18)21(24,25)26;2*1-11-8-32(9-14(28-11)19-12(2)30-31-13(19)3)17-4-5-25-20(29-17)15-6-27-18-7-26-16(10-33(15)18)21(22,23)24;1-10-5-12(17(23)30)11(2)28(8-10)15-3-4-24-18(27-15)13-6-26-16-7-25-14(9-29(13)16)19(20,21)22/h1-2,4,6-8,11,13-14,20H,3,5,9-10H2;2*4-7,10-11,14,28H,8-9H2,1-3H3,(H,30,31);3-4,6-7,9-12H,5,8H2,1-2H3,(H2,23,30). The number of amides is 1. The van der Waals surface area contributed by atoms with Crippen molar-refractivity contribution in [2.24, 2.45) is 28.5 Å². The maximum atomic E-state index is 13.2. The molecule has 4 saturated heterocycles. The van der Waals surface area contributed by atoms with Gasteiger partial charge in [0.2, 0.25) is 5.91 Å². The molecule has 0 aromatic carbocycles. The van der Waals surface area contributed by atoms with Crippen molar-refractivity contribution in [3.63, 3.8) is 0 Å². The van der Waals surface area contributed by atoms with Gasteiger partial charge >= 0.3 is 31.3 Å². The highest BCUT2D eigenvalue weighted by Crippen LogP contribution is 2.39. The molecule has 0 bridgehead atoms. The molecular formula is C82H82F14N32O2. The highest BCUT2D eigenvalue weighted by Gasteiger charge is 2.41. The largest absolute Gasteiger partial charge is 0.434 e. The van der Waals surface area contributed by atoms with Gasteiger partial charge in [0.15, 0.2) is 68.7 Å². The molecule has 48 heteroatoms. The third-order valence-corrected chi connectivity index (χ3v) is 22.8. The number of rotatable bonds is 14. The number of carbonyl (C=O) groups is 1. The van der Waals surface area contributed by atoms with E-state index in [4.69, 9.17) is 10.5 Å². The molecule has 680 valence electrons. The van der Waals surface area contributed by atoms with Gasteiger partial charge in [-0.3, -0.25) is 37.6 Å². The van der Waals surface area contributed by atoms with Crippen LogP contribution in [0.5, 0.6) is 0 Å². The van der Waals surface area contributed by atoms with E-state index in [1.807, 2.05) is 57.4 Å². The fourth-order valence-corrected chi connectivity index (χ4v) is 16.8. The normalized spacial score (nSPS) is 20.5. The van der Waals surface area contributed by atoms with Crippen molar-refractivity contribution in [1.82, 2.24) is 128 Å². The van der Waals surface area contributed by atoms with Gasteiger partial charge in [-0.1, -0.05) is 13.0 Å². The molecule has 0 aliphatic carbocycles. The van der Waals surface area contributed by atoms with Crippen LogP contribution in [-0.2, 0) is 34.2 Å². The molecule has 19 heterocycles. The second-order valence-electron chi connectivity index (χ2n) is 32.1. The topological polar surface area (TPSA) is 383 Å². The van der Waals surface area contributed by atoms with Gasteiger partial charge in [0.05, 0.1) is 91.6 Å². The number of nitrogens with zero attached hydrogens (tertiary/aromatic N) is 27. The minimum atomic E-state index is -4.63. The minimum absolute atomic E-state index is 0.0575. The molecule has 14 aromatic heterocycles. The van der Waals surface area contributed by atoms with Gasteiger partial charge in [-0.25, -0.2) is 79.7 Å². The average molecular weight is 1810 g/mol. The van der Waals surface area contributed by atoms with Crippen LogP contribution >= 0.6 is 0 Å². The van der Waals surface area contributed by atoms with Crippen LogP contribution in [0.15, 0.2) is 140 Å². The second-order valence-corrected chi connectivity index (χ2v) is 32.1. The Labute approximate surface area is 728 Å². The molecule has 0 radical (unpaired) electrons. The first-order chi connectivity index (χ1) is 61.8. The number of imidazole rings is 4. The first-order valence-electron chi connectivity index (χ1n) is 40.8. The number of hydrogen-bond donors (Lipinski definition) is 5. The fraction of sp³-hybridized carbons (Fsp3) is 0.390. The molecule has 9 unspecified atom stereocenters. The van der Waals surface area contributed by atoms with Crippen molar-refractivity contribution < 1.29 is 71.0 Å². The number of aromatic nitrogens is 24. The number of nitrogens with one attached hydrogen (secondary N) is 4. The van der Waals surface area contributed by atoms with Crippen molar-refractivity contribution in [2.75, 3.05) is 72.0 Å². The van der Waals surface area contributed by atoms with E-state index < -0.39 is 60.2 Å². The van der Waals surface area contributed by atoms with Crippen LogP contribution < -0.4 is 36.0 Å². The van der Waals surface area contributed by atoms with Gasteiger partial charge in [0, 0.05) is 148 Å². The third kappa shape index (κ3) is 19.3. The predicted molar refractivity (Wildman–Crippen MR) is 443 cm³/mol. The van der Waals surface area contributed by atoms with Gasteiger partial charge in [-0.15, -0.1) is 0 Å². The Morgan fingerprint density at radius 1 is 0.454 bits per heavy atom. The maximum absolute atomic E-state index is 13.2. The Bertz CT molecular complexity index is 6270. The second kappa shape index (κ2) is 36.0. The summed E-state index contributed by atoms with van der Waals surface area (Å²) in [6.07, 6.45) is 5.45. The Kier molecular flexibility index (Phi) is 24.8. The number of aromatic amines is 2. The van der Waals surface area contributed by atoms with E-state index in [9.17, 15) is 66.3 Å². The maximum Gasteiger partial charge on any atom is 0.434 e. The summed E-state index contributed by atoms with van der Waals surface area (Å²) in [6, 6.07) is 7.27. The van der Waals surface area contributed by atoms with Crippen LogP contribution in [0, 0.1) is 45.4 Å². The number of aliphatic imine (C=N–C) groups is 1. The third-order valence-electron chi connectivity index (χ3n) is 22.8. The molecule has 34 nitrogen and oxygen atoms in total. The lowest BCUT2D eigenvalue weighted by Gasteiger charge is -2.41. The molecule has 1 amide bonds. The quantitative estimate of drug-likeness (QED) is 0.0631. The summed E-state index contributed by atoms with van der Waals surface area (Å²) in [6.45, 7) is 17.8. The van der Waals surface area contributed by atoms with Crippen molar-refractivity contribution in [2.45, 2.75) is 136 Å². The van der Waals surface area contributed by atoms with Gasteiger partial charge in [0.1, 0.15) is 46.0 Å². The summed E-state index contributed by atoms with van der Waals surface area (Å²) in [5.74, 6) is 2.81. The van der Waals surface area contributed by atoms with Crippen molar-refractivity contribution in [3.8, 4) is 46.1 Å². The summed E-state index contributed by atoms with van der Waals surface area (Å²) >= 11 is 0. The molecule has 9 atom stereocenters. The van der Waals surface area contributed by atoms with Crippen LogP contribution in [-0.4, -0.2) is 213 Å². The van der Waals surface area contributed by atoms with E-state index in [1.165, 1.54) is 54.8 Å². The summed E-state index contributed by atoms with van der Waals surface area (Å²) in [7, 11) is 0. The van der Waals surface area contributed by atoms with Crippen molar-refractivity contribution in [1.29, 1.82) is 0 Å². The molecule has 4 fully saturated rings. The Morgan fingerprint density at radius 2 is 0.815 bits per heavy atom. The smallest absolute Gasteiger partial charge is 0.369 e. The number of nitrogens with two attached hydrogens (primary N) is 1. The molecule has 5 aliphatic heterocycles. The van der Waals surface area contributed by atoms with Gasteiger partial charge in [-0.2, -0.15) is 71.7 Å². The Balaban J connectivity index is 0.000000127. The molecule has 19 rings (SSSR count). The van der Waals surface area contributed by atoms with Crippen LogP contribution in [0.2, 0.25) is 0 Å². The highest BCUT2D eigenvalue weighted by atomic mass is 19.4. The number of piperidine rings is 2. The van der Waals surface area contributed by atoms with Crippen molar-refractivity contribution >= 4 is 58.0 Å². The molecule has 5 aliphatic rings. The summed E-state index contributed by atoms with van der Waals surface area (Å²) in [4.78, 5) is 89.8. The summed E-state index contributed by atoms with van der Waals surface area (Å²) in [5.41, 5.74) is 10.9. The SMILES string of the molecule is CC1CC(C(N)=O)C(C)N(c2ccnc(-c3cnc4cnc(C(F)(F)F)cn34)n2)C1.Cc1n[nH]c(C)c1C1CN(c2ccnc(-c3cnc4cnc(C(F)(F)F)cn34)n2)CC(C)N1.Cc1n[nH]c(C)c1C1CN(c2ccnc(-c3cnc4cnc(C(F)(F)F)cn34)n2)CC(C)N1.FC(F)OC1CC(C2=CCN=C2)CN(c2ccnc(-c3cnc4cnc(C(F)(F)F)cn34)n2)C1. The number of H-pyrrole nitrogens is 2. The summed E-state index contributed by atoms with van der Waals surface area (Å²) < 4.78 is 193. The minimum Gasteiger partial charge on any atom is -0.369 e. The zero-order valence-electron chi connectivity index (χ0n) is 70.3. The van der Waals surface area contributed by atoms with E-state index in [1.54, 1.807) is 42.9 Å². The molecule has 0 spiro atoms. The number of halogens is 14. The number of primary amides is 1. The number of fused-ring (bicyclic) bond motifs is 4. The number of aryl methyl sites for hydroxylation is 4. The predicted octanol–water partition coefficient (Wildman–Crippen LogP) is 12.4. The van der Waals surface area contributed by atoms with Gasteiger partial charge in [-0.05, 0) is 97.1 Å². The number of carbonyl (C=O) groups excluding carboxylic acids is 1. The van der Waals surface area contributed by atoms with E-state index in [2.05, 4.69) is 139 Å². The van der Waals surface area contributed by atoms with E-state index in [-0.39, 0.29) is 112 Å². The monoisotopic (exact) mass is 1810 g/mol. The van der Waals surface area contributed by atoms with Gasteiger partial charge in [0.25, 0.3) is 0 Å². The number of anilines is 4. The van der Waals surface area contributed by atoms with Gasteiger partial charge < -0.3 is 40.7 Å². The fourth-order valence-electron chi connectivity index (χ4n) is 16.8.